The second kappa shape index (κ2) is 4.86. The zero-order valence-electron chi connectivity index (χ0n) is 11.1. The van der Waals surface area contributed by atoms with Crippen molar-refractivity contribution in [3.8, 4) is 0 Å². The van der Waals surface area contributed by atoms with E-state index in [1.807, 2.05) is 37.5 Å². The summed E-state index contributed by atoms with van der Waals surface area (Å²) in [6.07, 6.45) is 3.55. The van der Waals surface area contributed by atoms with Crippen molar-refractivity contribution < 1.29 is 4.42 Å². The van der Waals surface area contributed by atoms with E-state index in [0.29, 0.717) is 0 Å². The minimum Gasteiger partial charge on any atom is -0.467 e. The lowest BCUT2D eigenvalue weighted by Crippen LogP contribution is -2.18. The fourth-order valence-corrected chi connectivity index (χ4v) is 2.49. The maximum atomic E-state index is 5.64. The Morgan fingerprint density at radius 2 is 2.05 bits per heavy atom. The lowest BCUT2D eigenvalue weighted by atomic mass is 9.98. The Labute approximate surface area is 112 Å². The highest BCUT2D eigenvalue weighted by molar-refractivity contribution is 5.82. The Balaban J connectivity index is 2.20. The molecule has 0 amide bonds. The fourth-order valence-electron chi connectivity index (χ4n) is 2.49. The van der Waals surface area contributed by atoms with Crippen LogP contribution in [-0.4, -0.2) is 12.0 Å². The quantitative estimate of drug-likeness (QED) is 0.776. The molecule has 0 spiro atoms. The van der Waals surface area contributed by atoms with Crippen LogP contribution in [0.25, 0.3) is 10.9 Å². The Bertz CT molecular complexity index is 697. The second-order valence-electron chi connectivity index (χ2n) is 4.61. The van der Waals surface area contributed by atoms with Gasteiger partial charge in [-0.2, -0.15) is 0 Å². The largest absolute Gasteiger partial charge is 0.467 e. The zero-order valence-corrected chi connectivity index (χ0v) is 11.1. The number of nitrogens with zero attached hydrogens (tertiary/aromatic N) is 1. The molecule has 0 radical (unpaired) electrons. The minimum absolute atomic E-state index is 0.0444. The molecule has 0 fully saturated rings. The normalized spacial score (nSPS) is 12.7. The van der Waals surface area contributed by atoms with Gasteiger partial charge in [-0.25, -0.2) is 0 Å². The van der Waals surface area contributed by atoms with Crippen molar-refractivity contribution in [2.24, 2.45) is 0 Å². The van der Waals surface area contributed by atoms with Gasteiger partial charge >= 0.3 is 0 Å². The van der Waals surface area contributed by atoms with Gasteiger partial charge in [-0.3, -0.25) is 4.98 Å². The van der Waals surface area contributed by atoms with E-state index in [1.54, 1.807) is 6.26 Å². The van der Waals surface area contributed by atoms with Gasteiger partial charge in [0.15, 0.2) is 0 Å². The first-order valence-electron chi connectivity index (χ1n) is 6.36. The van der Waals surface area contributed by atoms with Crippen LogP contribution in [-0.2, 0) is 0 Å². The standard InChI is InChI=1S/C16H16N2O/c1-11-8-10-19-16(11)15(17-2)13-5-3-7-14-12(13)6-4-9-18-14/h3-10,15,17H,1-2H3. The number of aryl methyl sites for hydroxylation is 1. The van der Waals surface area contributed by atoms with Crippen molar-refractivity contribution in [1.82, 2.24) is 10.3 Å². The van der Waals surface area contributed by atoms with Crippen LogP contribution in [0.2, 0.25) is 0 Å². The highest BCUT2D eigenvalue weighted by Gasteiger charge is 2.19. The number of rotatable bonds is 3. The summed E-state index contributed by atoms with van der Waals surface area (Å²) >= 11 is 0. The molecule has 19 heavy (non-hydrogen) atoms. The highest BCUT2D eigenvalue weighted by Crippen LogP contribution is 2.30. The number of aromatic nitrogens is 1. The van der Waals surface area contributed by atoms with Gasteiger partial charge in [-0.15, -0.1) is 0 Å². The van der Waals surface area contributed by atoms with Crippen molar-refractivity contribution in [1.29, 1.82) is 0 Å². The smallest absolute Gasteiger partial charge is 0.128 e. The summed E-state index contributed by atoms with van der Waals surface area (Å²) in [5.41, 5.74) is 3.34. The van der Waals surface area contributed by atoms with E-state index in [-0.39, 0.29) is 6.04 Å². The molecule has 2 aromatic heterocycles. The van der Waals surface area contributed by atoms with Gasteiger partial charge in [0.1, 0.15) is 5.76 Å². The number of fused-ring (bicyclic) bond motifs is 1. The molecule has 1 N–H and O–H groups in total. The van der Waals surface area contributed by atoms with E-state index in [2.05, 4.69) is 29.4 Å². The minimum atomic E-state index is 0.0444. The number of hydrogen-bond donors (Lipinski definition) is 1. The van der Waals surface area contributed by atoms with Crippen LogP contribution in [0.15, 0.2) is 53.3 Å². The van der Waals surface area contributed by atoms with Crippen molar-refractivity contribution in [2.45, 2.75) is 13.0 Å². The number of furan rings is 1. The van der Waals surface area contributed by atoms with Gasteiger partial charge in [-0.1, -0.05) is 18.2 Å². The topological polar surface area (TPSA) is 38.1 Å². The number of hydrogen-bond acceptors (Lipinski definition) is 3. The molecule has 0 aliphatic carbocycles. The predicted octanol–water partition coefficient (Wildman–Crippen LogP) is 3.45. The summed E-state index contributed by atoms with van der Waals surface area (Å²) in [6.45, 7) is 2.06. The number of nitrogens with one attached hydrogen (secondary N) is 1. The second-order valence-corrected chi connectivity index (χ2v) is 4.61. The SMILES string of the molecule is CNC(c1occc1C)c1cccc2ncccc12. The number of benzene rings is 1. The van der Waals surface area contributed by atoms with E-state index in [4.69, 9.17) is 4.42 Å². The van der Waals surface area contributed by atoms with E-state index in [0.717, 1.165) is 22.2 Å². The first-order chi connectivity index (χ1) is 9.31. The molecule has 3 heteroatoms. The zero-order chi connectivity index (χ0) is 13.2. The fraction of sp³-hybridized carbons (Fsp3) is 0.188. The molecule has 3 nitrogen and oxygen atoms in total. The van der Waals surface area contributed by atoms with Crippen molar-refractivity contribution in [3.63, 3.8) is 0 Å². The van der Waals surface area contributed by atoms with Gasteiger partial charge in [0.25, 0.3) is 0 Å². The highest BCUT2D eigenvalue weighted by atomic mass is 16.3. The van der Waals surface area contributed by atoms with Gasteiger partial charge in [0.05, 0.1) is 17.8 Å². The molecule has 1 unspecified atom stereocenters. The van der Waals surface area contributed by atoms with Gasteiger partial charge < -0.3 is 9.73 Å². The Morgan fingerprint density at radius 1 is 1.16 bits per heavy atom. The molecule has 0 aliphatic heterocycles. The monoisotopic (exact) mass is 252 g/mol. The molecule has 1 aromatic carbocycles. The van der Waals surface area contributed by atoms with E-state index in [1.165, 1.54) is 5.56 Å². The number of pyridine rings is 1. The van der Waals surface area contributed by atoms with Crippen molar-refractivity contribution in [3.05, 3.63) is 65.7 Å². The molecule has 3 aromatic rings. The first-order valence-corrected chi connectivity index (χ1v) is 6.36. The summed E-state index contributed by atoms with van der Waals surface area (Å²) in [5, 5.41) is 4.49. The van der Waals surface area contributed by atoms with Crippen LogP contribution in [0.5, 0.6) is 0 Å². The summed E-state index contributed by atoms with van der Waals surface area (Å²) in [5.74, 6) is 0.957. The molecule has 96 valence electrons. The molecular formula is C16H16N2O. The maximum Gasteiger partial charge on any atom is 0.128 e. The summed E-state index contributed by atoms with van der Waals surface area (Å²) in [4.78, 5) is 4.40. The predicted molar refractivity (Wildman–Crippen MR) is 76.1 cm³/mol. The third kappa shape index (κ3) is 2.02. The van der Waals surface area contributed by atoms with E-state index < -0.39 is 0 Å². The first kappa shape index (κ1) is 11.9. The lowest BCUT2D eigenvalue weighted by Gasteiger charge is -2.17. The van der Waals surface area contributed by atoms with Crippen LogP contribution >= 0.6 is 0 Å². The molecule has 0 saturated carbocycles. The lowest BCUT2D eigenvalue weighted by molar-refractivity contribution is 0.461. The third-order valence-corrected chi connectivity index (χ3v) is 3.44. The Hall–Kier alpha value is -2.13. The summed E-state index contributed by atoms with van der Waals surface area (Å²) in [7, 11) is 1.95. The molecule has 2 heterocycles. The Morgan fingerprint density at radius 3 is 2.79 bits per heavy atom. The maximum absolute atomic E-state index is 5.64. The van der Waals surface area contributed by atoms with Crippen molar-refractivity contribution >= 4 is 10.9 Å². The molecule has 1 atom stereocenters. The van der Waals surface area contributed by atoms with Crippen LogP contribution in [0.4, 0.5) is 0 Å². The van der Waals surface area contributed by atoms with E-state index >= 15 is 0 Å². The van der Waals surface area contributed by atoms with Crippen LogP contribution in [0.1, 0.15) is 22.9 Å². The molecule has 3 rings (SSSR count). The molecular weight excluding hydrogens is 236 g/mol. The molecule has 0 bridgehead atoms. The van der Waals surface area contributed by atoms with Crippen LogP contribution in [0, 0.1) is 6.92 Å². The summed E-state index contributed by atoms with van der Waals surface area (Å²) in [6, 6.07) is 12.3. The van der Waals surface area contributed by atoms with Crippen LogP contribution in [0.3, 0.4) is 0 Å². The summed E-state index contributed by atoms with van der Waals surface area (Å²) < 4.78 is 5.64. The van der Waals surface area contributed by atoms with Gasteiger partial charge in [-0.05, 0) is 43.3 Å². The van der Waals surface area contributed by atoms with Gasteiger partial charge in [0, 0.05) is 11.6 Å². The van der Waals surface area contributed by atoms with Gasteiger partial charge in [0.2, 0.25) is 0 Å². The van der Waals surface area contributed by atoms with Crippen molar-refractivity contribution in [2.75, 3.05) is 7.05 Å². The van der Waals surface area contributed by atoms with Crippen LogP contribution < -0.4 is 5.32 Å². The Kier molecular flexibility index (Phi) is 3.05. The van der Waals surface area contributed by atoms with E-state index in [9.17, 15) is 0 Å². The average Bonchev–Trinajstić information content (AvgIpc) is 2.86. The average molecular weight is 252 g/mol. The third-order valence-electron chi connectivity index (χ3n) is 3.44. The molecule has 0 aliphatic rings. The molecule has 0 saturated heterocycles.